The number of anilines is 1. The highest BCUT2D eigenvalue weighted by Crippen LogP contribution is 2.33. The summed E-state index contributed by atoms with van der Waals surface area (Å²) in [5.74, 6) is 0.0189. The lowest BCUT2D eigenvalue weighted by Crippen LogP contribution is -2.14. The van der Waals surface area contributed by atoms with E-state index in [1.54, 1.807) is 0 Å². The quantitative estimate of drug-likeness (QED) is 0.835. The fourth-order valence-corrected chi connectivity index (χ4v) is 2.62. The molecule has 2 heterocycles. The number of hydrogen-bond donors (Lipinski definition) is 2. The number of carboxylic acid groups (broad SMARTS) is 1. The van der Waals surface area contributed by atoms with E-state index in [-0.39, 0.29) is 12.0 Å². The van der Waals surface area contributed by atoms with Gasteiger partial charge < -0.3 is 15.3 Å². The van der Waals surface area contributed by atoms with E-state index in [1.807, 2.05) is 12.4 Å². The smallest absolute Gasteiger partial charge is 0.308 e. The van der Waals surface area contributed by atoms with Crippen molar-refractivity contribution < 1.29 is 9.90 Å². The molecule has 0 radical (unpaired) electrons. The molecule has 0 amide bonds. The maximum atomic E-state index is 10.7. The van der Waals surface area contributed by atoms with Crippen molar-refractivity contribution in [3.8, 4) is 0 Å². The van der Waals surface area contributed by atoms with Gasteiger partial charge >= 0.3 is 5.97 Å². The molecule has 2 N–H and O–H groups in total. The summed E-state index contributed by atoms with van der Waals surface area (Å²) in [7, 11) is 2.12. The summed E-state index contributed by atoms with van der Waals surface area (Å²) in [5.41, 5.74) is 1.17. The Morgan fingerprint density at radius 3 is 2.74 bits per heavy atom. The first-order valence-electron chi connectivity index (χ1n) is 6.63. The van der Waals surface area contributed by atoms with Crippen molar-refractivity contribution in [2.24, 2.45) is 5.92 Å². The zero-order valence-electron chi connectivity index (χ0n) is 10.9. The fraction of sp³-hybridized carbons (Fsp3) is 0.615. The molecule has 102 valence electrons. The second-order valence-electron chi connectivity index (χ2n) is 5.52. The third-order valence-electron chi connectivity index (χ3n) is 3.96. The van der Waals surface area contributed by atoms with Crippen LogP contribution in [0, 0.1) is 5.92 Å². The van der Waals surface area contributed by atoms with Gasteiger partial charge in [0.1, 0.15) is 0 Å². The van der Waals surface area contributed by atoms with E-state index >= 15 is 0 Å². The molecule has 6 nitrogen and oxygen atoms in total. The molecule has 19 heavy (non-hydrogen) atoms. The average molecular weight is 262 g/mol. The number of likely N-dealkylation sites (N-methyl/N-ethyl adjacent to an activating group) is 1. The lowest BCUT2D eigenvalue weighted by molar-refractivity contribution is -0.138. The maximum Gasteiger partial charge on any atom is 0.308 e. The number of aliphatic carboxylic acids is 1. The first-order valence-corrected chi connectivity index (χ1v) is 6.63. The molecule has 0 spiro atoms. The SMILES string of the molecule is CN1CCC(c2cnc(NC3CC3C(=O)O)nc2)C1. The molecule has 3 unspecified atom stereocenters. The van der Waals surface area contributed by atoms with Crippen molar-refractivity contribution in [2.75, 3.05) is 25.5 Å². The Balaban J connectivity index is 1.59. The Hall–Kier alpha value is -1.69. The van der Waals surface area contributed by atoms with E-state index in [4.69, 9.17) is 5.11 Å². The Labute approximate surface area is 111 Å². The van der Waals surface area contributed by atoms with Gasteiger partial charge in [-0.3, -0.25) is 4.79 Å². The molecule has 0 bridgehead atoms. The third kappa shape index (κ3) is 2.68. The van der Waals surface area contributed by atoms with Gasteiger partial charge in [0, 0.05) is 30.9 Å². The van der Waals surface area contributed by atoms with E-state index < -0.39 is 5.97 Å². The Bertz CT molecular complexity index is 476. The van der Waals surface area contributed by atoms with E-state index in [9.17, 15) is 4.79 Å². The molecule has 6 heteroatoms. The van der Waals surface area contributed by atoms with Crippen LogP contribution in [-0.2, 0) is 4.79 Å². The van der Waals surface area contributed by atoms with Crippen LogP contribution in [0.25, 0.3) is 0 Å². The highest BCUT2D eigenvalue weighted by atomic mass is 16.4. The molecular weight excluding hydrogens is 244 g/mol. The molecular formula is C13H18N4O2. The van der Waals surface area contributed by atoms with E-state index in [1.165, 1.54) is 5.56 Å². The predicted molar refractivity (Wildman–Crippen MR) is 70.0 cm³/mol. The van der Waals surface area contributed by atoms with Crippen molar-refractivity contribution in [1.29, 1.82) is 0 Å². The van der Waals surface area contributed by atoms with Crippen molar-refractivity contribution >= 4 is 11.9 Å². The van der Waals surface area contributed by atoms with Crippen molar-refractivity contribution in [3.05, 3.63) is 18.0 Å². The monoisotopic (exact) mass is 262 g/mol. The van der Waals surface area contributed by atoms with Crippen LogP contribution < -0.4 is 5.32 Å². The number of nitrogens with zero attached hydrogens (tertiary/aromatic N) is 3. The molecule has 1 aromatic heterocycles. The molecule has 0 aromatic carbocycles. The summed E-state index contributed by atoms with van der Waals surface area (Å²) in [4.78, 5) is 21.6. The predicted octanol–water partition coefficient (Wildman–Crippen LogP) is 0.781. The van der Waals surface area contributed by atoms with Gasteiger partial charge in [-0.2, -0.15) is 0 Å². The summed E-state index contributed by atoms with van der Waals surface area (Å²) in [6.07, 6.45) is 5.53. The molecule has 3 rings (SSSR count). The van der Waals surface area contributed by atoms with Crippen LogP contribution in [0.4, 0.5) is 5.95 Å². The number of carboxylic acids is 1. The van der Waals surface area contributed by atoms with Gasteiger partial charge in [0.2, 0.25) is 5.95 Å². The summed E-state index contributed by atoms with van der Waals surface area (Å²) in [6, 6.07) is -0.0130. The van der Waals surface area contributed by atoms with E-state index in [2.05, 4.69) is 27.2 Å². The van der Waals surface area contributed by atoms with Crippen LogP contribution in [-0.4, -0.2) is 52.1 Å². The summed E-state index contributed by atoms with van der Waals surface area (Å²) in [6.45, 7) is 2.17. The largest absolute Gasteiger partial charge is 0.481 e. The van der Waals surface area contributed by atoms with Crippen molar-refractivity contribution in [2.45, 2.75) is 24.8 Å². The molecule has 1 aliphatic carbocycles. The van der Waals surface area contributed by atoms with Gasteiger partial charge in [-0.25, -0.2) is 9.97 Å². The zero-order valence-corrected chi connectivity index (χ0v) is 10.9. The number of aromatic nitrogens is 2. The minimum Gasteiger partial charge on any atom is -0.481 e. The Morgan fingerprint density at radius 1 is 1.47 bits per heavy atom. The minimum absolute atomic E-state index is 0.0130. The molecule has 1 saturated carbocycles. The van der Waals surface area contributed by atoms with Crippen molar-refractivity contribution in [1.82, 2.24) is 14.9 Å². The van der Waals surface area contributed by atoms with Crippen LogP contribution >= 0.6 is 0 Å². The second-order valence-corrected chi connectivity index (χ2v) is 5.52. The van der Waals surface area contributed by atoms with Gasteiger partial charge in [0.05, 0.1) is 5.92 Å². The molecule has 3 atom stereocenters. The van der Waals surface area contributed by atoms with Crippen molar-refractivity contribution in [3.63, 3.8) is 0 Å². The van der Waals surface area contributed by atoms with Gasteiger partial charge in [-0.05, 0) is 32.0 Å². The number of rotatable bonds is 4. The van der Waals surface area contributed by atoms with Gasteiger partial charge in [-0.15, -0.1) is 0 Å². The molecule has 2 aliphatic rings. The summed E-state index contributed by atoms with van der Waals surface area (Å²) >= 11 is 0. The highest BCUT2D eigenvalue weighted by Gasteiger charge is 2.43. The summed E-state index contributed by atoms with van der Waals surface area (Å²) < 4.78 is 0. The van der Waals surface area contributed by atoms with Crippen LogP contribution in [0.15, 0.2) is 12.4 Å². The fourth-order valence-electron chi connectivity index (χ4n) is 2.62. The van der Waals surface area contributed by atoms with Gasteiger partial charge in [0.25, 0.3) is 0 Å². The Kier molecular flexibility index (Phi) is 3.10. The van der Waals surface area contributed by atoms with Crippen LogP contribution in [0.1, 0.15) is 24.3 Å². The number of likely N-dealkylation sites (tertiary alicyclic amines) is 1. The number of nitrogens with one attached hydrogen (secondary N) is 1. The molecule has 1 saturated heterocycles. The molecule has 1 aromatic rings. The van der Waals surface area contributed by atoms with E-state index in [0.717, 1.165) is 19.5 Å². The standard InChI is InChI=1S/C13H18N4O2/c1-17-3-2-8(7-17)9-5-14-13(15-6-9)16-11-4-10(11)12(18)19/h5-6,8,10-11H,2-4,7H2,1H3,(H,18,19)(H,14,15,16). The second kappa shape index (κ2) is 4.77. The highest BCUT2D eigenvalue weighted by molar-refractivity contribution is 5.75. The van der Waals surface area contributed by atoms with Crippen LogP contribution in [0.3, 0.4) is 0 Å². The van der Waals surface area contributed by atoms with Crippen LogP contribution in [0.2, 0.25) is 0 Å². The van der Waals surface area contributed by atoms with Gasteiger partial charge in [0.15, 0.2) is 0 Å². The number of hydrogen-bond acceptors (Lipinski definition) is 5. The number of carbonyl (C=O) groups is 1. The van der Waals surface area contributed by atoms with Crippen LogP contribution in [0.5, 0.6) is 0 Å². The first-order chi connectivity index (χ1) is 9.13. The molecule has 1 aliphatic heterocycles. The lowest BCUT2D eigenvalue weighted by atomic mass is 10.0. The summed E-state index contributed by atoms with van der Waals surface area (Å²) in [5, 5.41) is 11.9. The maximum absolute atomic E-state index is 10.7. The van der Waals surface area contributed by atoms with Gasteiger partial charge in [-0.1, -0.05) is 0 Å². The van der Waals surface area contributed by atoms with E-state index in [0.29, 0.717) is 18.3 Å². The topological polar surface area (TPSA) is 78.4 Å². The minimum atomic E-state index is -0.747. The third-order valence-corrected chi connectivity index (χ3v) is 3.96. The normalized spacial score (nSPS) is 30.3. The zero-order chi connectivity index (χ0) is 13.4. The Morgan fingerprint density at radius 2 is 2.21 bits per heavy atom. The average Bonchev–Trinajstić information content (AvgIpc) is 3.03. The lowest BCUT2D eigenvalue weighted by Gasteiger charge is -2.10. The first kappa shape index (κ1) is 12.3. The molecule has 2 fully saturated rings.